The van der Waals surface area contributed by atoms with E-state index in [1.165, 1.54) is 18.6 Å². The molecule has 0 atom stereocenters. The fourth-order valence-corrected chi connectivity index (χ4v) is 2.62. The van der Waals surface area contributed by atoms with Crippen molar-refractivity contribution < 1.29 is 19.4 Å². The minimum atomic E-state index is -1.08. The van der Waals surface area contributed by atoms with Crippen molar-refractivity contribution in [3.63, 3.8) is 0 Å². The summed E-state index contributed by atoms with van der Waals surface area (Å²) < 4.78 is 5.32. The summed E-state index contributed by atoms with van der Waals surface area (Å²) in [7, 11) is 0. The number of hydrogen-bond donors (Lipinski definition) is 1. The molecule has 1 aliphatic rings. The Morgan fingerprint density at radius 2 is 1.60 bits per heavy atom. The maximum Gasteiger partial charge on any atom is 0.339 e. The maximum absolute atomic E-state index is 12.2. The molecule has 4 heteroatoms. The second-order valence-corrected chi connectivity index (χ2v) is 5.26. The fourth-order valence-electron chi connectivity index (χ4n) is 2.62. The number of rotatable bonds is 3. The molecule has 0 aliphatic heterocycles. The quantitative estimate of drug-likeness (QED) is 0.676. The largest absolute Gasteiger partial charge is 0.478 e. The first-order chi connectivity index (χ1) is 9.68. The van der Waals surface area contributed by atoms with Crippen LogP contribution in [0.15, 0.2) is 24.3 Å². The Labute approximate surface area is 118 Å². The van der Waals surface area contributed by atoms with Crippen molar-refractivity contribution in [3.8, 4) is 5.75 Å². The number of carbonyl (C=O) groups is 2. The molecule has 1 fully saturated rings. The van der Waals surface area contributed by atoms with E-state index in [9.17, 15) is 9.59 Å². The van der Waals surface area contributed by atoms with E-state index < -0.39 is 5.97 Å². The number of benzene rings is 1. The van der Waals surface area contributed by atoms with Crippen LogP contribution in [0.4, 0.5) is 0 Å². The van der Waals surface area contributed by atoms with Gasteiger partial charge in [-0.25, -0.2) is 4.79 Å². The molecule has 1 aromatic rings. The lowest BCUT2D eigenvalue weighted by Gasteiger charge is -2.18. The summed E-state index contributed by atoms with van der Waals surface area (Å²) in [5.41, 5.74) is 0.0340. The van der Waals surface area contributed by atoms with Gasteiger partial charge in [-0.15, -0.1) is 0 Å². The summed E-state index contributed by atoms with van der Waals surface area (Å²) in [4.78, 5) is 23.3. The van der Waals surface area contributed by atoms with Crippen molar-refractivity contribution in [2.45, 2.75) is 44.9 Å². The smallest absolute Gasteiger partial charge is 0.339 e. The highest BCUT2D eigenvalue weighted by Crippen LogP contribution is 2.25. The number of esters is 1. The molecule has 20 heavy (non-hydrogen) atoms. The fraction of sp³-hybridized carbons (Fsp3) is 0.500. The third-order valence-electron chi connectivity index (χ3n) is 3.77. The molecule has 0 saturated heterocycles. The maximum atomic E-state index is 12.2. The van der Waals surface area contributed by atoms with Gasteiger partial charge in [0.15, 0.2) is 0 Å². The zero-order valence-electron chi connectivity index (χ0n) is 11.5. The number of para-hydroxylation sites is 1. The normalized spacial score (nSPS) is 17.0. The molecule has 0 amide bonds. The zero-order chi connectivity index (χ0) is 14.4. The first-order valence-electron chi connectivity index (χ1n) is 7.22. The Morgan fingerprint density at radius 1 is 1.00 bits per heavy atom. The van der Waals surface area contributed by atoms with Gasteiger partial charge in [0.1, 0.15) is 11.3 Å². The van der Waals surface area contributed by atoms with E-state index >= 15 is 0 Å². The van der Waals surface area contributed by atoms with Gasteiger partial charge >= 0.3 is 11.9 Å². The van der Waals surface area contributed by atoms with Crippen LogP contribution in [0.25, 0.3) is 0 Å². The topological polar surface area (TPSA) is 63.6 Å². The lowest BCUT2D eigenvalue weighted by Crippen LogP contribution is -2.22. The van der Waals surface area contributed by atoms with Crippen molar-refractivity contribution in [1.29, 1.82) is 0 Å². The van der Waals surface area contributed by atoms with Gasteiger partial charge in [-0.3, -0.25) is 4.79 Å². The Morgan fingerprint density at radius 3 is 2.25 bits per heavy atom. The number of carbonyl (C=O) groups excluding carboxylic acids is 1. The van der Waals surface area contributed by atoms with Gasteiger partial charge in [0, 0.05) is 0 Å². The van der Waals surface area contributed by atoms with Crippen LogP contribution in [0.1, 0.15) is 55.3 Å². The van der Waals surface area contributed by atoms with Gasteiger partial charge in [0.25, 0.3) is 0 Å². The van der Waals surface area contributed by atoms with Crippen molar-refractivity contribution in [2.24, 2.45) is 5.92 Å². The number of carboxylic acids is 1. The Bertz CT molecular complexity index is 473. The number of ether oxygens (including phenoxy) is 1. The predicted molar refractivity (Wildman–Crippen MR) is 74.8 cm³/mol. The summed E-state index contributed by atoms with van der Waals surface area (Å²) in [6.45, 7) is 0. The first-order valence-corrected chi connectivity index (χ1v) is 7.22. The number of aromatic carboxylic acids is 1. The van der Waals surface area contributed by atoms with E-state index in [1.54, 1.807) is 12.1 Å². The van der Waals surface area contributed by atoms with E-state index in [0.717, 1.165) is 38.5 Å². The highest BCUT2D eigenvalue weighted by molar-refractivity contribution is 5.92. The van der Waals surface area contributed by atoms with E-state index in [4.69, 9.17) is 9.84 Å². The van der Waals surface area contributed by atoms with Crippen molar-refractivity contribution in [2.75, 3.05) is 0 Å². The molecule has 4 nitrogen and oxygen atoms in total. The Hall–Kier alpha value is -1.84. The summed E-state index contributed by atoms with van der Waals surface area (Å²) in [5.74, 6) is -1.32. The van der Waals surface area contributed by atoms with Crippen LogP contribution in [0.3, 0.4) is 0 Å². The third-order valence-corrected chi connectivity index (χ3v) is 3.77. The molecule has 1 aromatic carbocycles. The molecule has 108 valence electrons. The lowest BCUT2D eigenvalue weighted by atomic mass is 9.91. The van der Waals surface area contributed by atoms with Gasteiger partial charge in [0.2, 0.25) is 0 Å². The second kappa shape index (κ2) is 7.08. The molecular formula is C16H20O4. The van der Waals surface area contributed by atoms with Crippen LogP contribution in [-0.2, 0) is 4.79 Å². The molecule has 1 saturated carbocycles. The van der Waals surface area contributed by atoms with Crippen LogP contribution >= 0.6 is 0 Å². The molecule has 0 radical (unpaired) electrons. The Kier molecular flexibility index (Phi) is 5.16. The molecular weight excluding hydrogens is 256 g/mol. The Balaban J connectivity index is 2.05. The summed E-state index contributed by atoms with van der Waals surface area (Å²) >= 11 is 0. The number of hydrogen-bond acceptors (Lipinski definition) is 3. The lowest BCUT2D eigenvalue weighted by molar-refractivity contribution is -0.139. The predicted octanol–water partition coefficient (Wildman–Crippen LogP) is 3.65. The highest BCUT2D eigenvalue weighted by Gasteiger charge is 2.23. The minimum absolute atomic E-state index is 0.0340. The molecule has 0 heterocycles. The van der Waals surface area contributed by atoms with Crippen LogP contribution in [0.5, 0.6) is 5.75 Å². The van der Waals surface area contributed by atoms with Crippen molar-refractivity contribution in [3.05, 3.63) is 29.8 Å². The molecule has 0 unspecified atom stereocenters. The van der Waals surface area contributed by atoms with Crippen LogP contribution < -0.4 is 4.74 Å². The minimum Gasteiger partial charge on any atom is -0.478 e. The summed E-state index contributed by atoms with van der Waals surface area (Å²) in [5, 5.41) is 9.08. The third kappa shape index (κ3) is 3.83. The standard InChI is InChI=1S/C16H20O4/c17-15(18)13-10-6-7-11-14(13)20-16(19)12-8-4-2-1-3-5-9-12/h6-7,10-12H,1-5,8-9H2,(H,17,18). The molecule has 0 bridgehead atoms. The van der Waals surface area contributed by atoms with Gasteiger partial charge < -0.3 is 9.84 Å². The van der Waals surface area contributed by atoms with Gasteiger partial charge in [-0.2, -0.15) is 0 Å². The van der Waals surface area contributed by atoms with E-state index in [2.05, 4.69) is 0 Å². The second-order valence-electron chi connectivity index (χ2n) is 5.26. The van der Waals surface area contributed by atoms with Crippen molar-refractivity contribution in [1.82, 2.24) is 0 Å². The van der Waals surface area contributed by atoms with E-state index in [0.29, 0.717) is 0 Å². The molecule has 0 spiro atoms. The average Bonchev–Trinajstić information content (AvgIpc) is 2.38. The monoisotopic (exact) mass is 276 g/mol. The molecule has 2 rings (SSSR count). The van der Waals surface area contributed by atoms with Crippen LogP contribution in [0.2, 0.25) is 0 Å². The van der Waals surface area contributed by atoms with Gasteiger partial charge in [-0.1, -0.05) is 44.2 Å². The zero-order valence-corrected chi connectivity index (χ0v) is 11.5. The van der Waals surface area contributed by atoms with Crippen molar-refractivity contribution >= 4 is 11.9 Å². The SMILES string of the molecule is O=C(O)c1ccccc1OC(=O)C1CCCCCCC1. The molecule has 1 N–H and O–H groups in total. The number of carboxylic acid groups (broad SMARTS) is 1. The molecule has 1 aliphatic carbocycles. The summed E-state index contributed by atoms with van der Waals surface area (Å²) in [6.07, 6.45) is 7.33. The van der Waals surface area contributed by atoms with E-state index in [-0.39, 0.29) is 23.2 Å². The van der Waals surface area contributed by atoms with Gasteiger partial charge in [-0.05, 0) is 25.0 Å². The molecule has 0 aromatic heterocycles. The van der Waals surface area contributed by atoms with Crippen LogP contribution in [-0.4, -0.2) is 17.0 Å². The van der Waals surface area contributed by atoms with Crippen LogP contribution in [0, 0.1) is 5.92 Å². The highest BCUT2D eigenvalue weighted by atomic mass is 16.5. The average molecular weight is 276 g/mol. The van der Waals surface area contributed by atoms with Gasteiger partial charge in [0.05, 0.1) is 5.92 Å². The van der Waals surface area contributed by atoms with E-state index in [1.807, 2.05) is 0 Å². The first kappa shape index (κ1) is 14.6. The summed E-state index contributed by atoms with van der Waals surface area (Å²) in [6, 6.07) is 6.27.